The van der Waals surface area contributed by atoms with Crippen molar-refractivity contribution >= 4 is 0 Å². The number of ether oxygens (including phenoxy) is 4. The predicted molar refractivity (Wildman–Crippen MR) is 183 cm³/mol. The van der Waals surface area contributed by atoms with Crippen molar-refractivity contribution in [2.75, 3.05) is 13.2 Å². The average Bonchev–Trinajstić information content (AvgIpc) is 3.26. The predicted octanol–water partition coefficient (Wildman–Crippen LogP) is 9.52. The Kier molecular flexibility index (Phi) is 10.8. The molecule has 1 saturated carbocycles. The Morgan fingerprint density at radius 3 is 2.62 bits per heavy atom. The number of aromatic hydroxyl groups is 1. The van der Waals surface area contributed by atoms with Crippen LogP contribution in [0.2, 0.25) is 0 Å². The molecule has 0 aromatic heterocycles. The average molecular weight is 653 g/mol. The lowest BCUT2D eigenvalue weighted by atomic mass is 9.58. The number of rotatable bonds is 13. The molecule has 6 aliphatic rings. The minimum absolute atomic E-state index is 0.0676. The van der Waals surface area contributed by atoms with Crippen LogP contribution < -0.4 is 4.74 Å². The Balaban J connectivity index is 1.09. The van der Waals surface area contributed by atoms with Crippen molar-refractivity contribution in [1.82, 2.24) is 0 Å². The number of aryl methyl sites for hydroxylation is 1. The lowest BCUT2D eigenvalue weighted by molar-refractivity contribution is -0.577. The lowest BCUT2D eigenvalue weighted by Gasteiger charge is -2.60. The van der Waals surface area contributed by atoms with Crippen molar-refractivity contribution in [2.45, 2.75) is 148 Å². The number of benzene rings is 1. The zero-order chi connectivity index (χ0) is 33.3. The van der Waals surface area contributed by atoms with Gasteiger partial charge in [0.05, 0.1) is 6.61 Å². The highest BCUT2D eigenvalue weighted by Gasteiger charge is 2.69. The summed E-state index contributed by atoms with van der Waals surface area (Å²) in [6, 6.07) is 4.14. The van der Waals surface area contributed by atoms with Crippen LogP contribution in [-0.4, -0.2) is 42.3 Å². The summed E-state index contributed by atoms with van der Waals surface area (Å²) in [5, 5.41) is 11.4. The van der Waals surface area contributed by atoms with E-state index in [9.17, 15) is 5.11 Å². The zero-order valence-corrected chi connectivity index (χ0v) is 29.9. The van der Waals surface area contributed by atoms with Gasteiger partial charge in [-0.3, -0.25) is 0 Å². The van der Waals surface area contributed by atoms with Crippen LogP contribution in [0.5, 0.6) is 11.5 Å². The van der Waals surface area contributed by atoms with Crippen LogP contribution in [0.4, 0.5) is 0 Å². The fourth-order valence-corrected chi connectivity index (χ4v) is 9.40. The summed E-state index contributed by atoms with van der Waals surface area (Å²) >= 11 is 0. The van der Waals surface area contributed by atoms with E-state index in [1.165, 1.54) is 24.8 Å². The highest BCUT2D eigenvalue weighted by atomic mass is 17.3. The molecular weight excluding hydrogens is 592 g/mol. The molecule has 1 spiro atoms. The minimum Gasteiger partial charge on any atom is -0.507 e. The van der Waals surface area contributed by atoms with Crippen molar-refractivity contribution in [3.63, 3.8) is 0 Å². The maximum atomic E-state index is 11.4. The van der Waals surface area contributed by atoms with Gasteiger partial charge in [0.1, 0.15) is 11.5 Å². The number of fused-ring (bicyclic) bond motifs is 2. The van der Waals surface area contributed by atoms with E-state index in [0.717, 1.165) is 80.2 Å². The Hall–Kier alpha value is -1.90. The van der Waals surface area contributed by atoms with Gasteiger partial charge in [0.2, 0.25) is 5.79 Å². The van der Waals surface area contributed by atoms with Gasteiger partial charge in [0.15, 0.2) is 18.2 Å². The second kappa shape index (κ2) is 14.5. The second-order valence-corrected chi connectivity index (χ2v) is 15.7. The quantitative estimate of drug-likeness (QED) is 0.129. The summed E-state index contributed by atoms with van der Waals surface area (Å²) in [6.45, 7) is 18.5. The summed E-state index contributed by atoms with van der Waals surface area (Å²) in [5.41, 5.74) is 4.00. The largest absolute Gasteiger partial charge is 0.507 e. The topological polar surface area (TPSA) is 75.6 Å². The van der Waals surface area contributed by atoms with Gasteiger partial charge >= 0.3 is 0 Å². The van der Waals surface area contributed by atoms with Crippen LogP contribution in [-0.2, 0) is 30.4 Å². The molecule has 0 radical (unpaired) electrons. The molecule has 4 saturated heterocycles. The summed E-state index contributed by atoms with van der Waals surface area (Å²) in [6.07, 6.45) is 13.8. The Labute approximate surface area is 283 Å². The molecule has 2 bridgehead atoms. The smallest absolute Gasteiger partial charge is 0.201 e. The second-order valence-electron chi connectivity index (χ2n) is 15.7. The number of unbranched alkanes of at least 4 members (excludes halogenated alkanes) is 3. The Bertz CT molecular complexity index is 1290. The van der Waals surface area contributed by atoms with Gasteiger partial charge in [0, 0.05) is 36.3 Å². The van der Waals surface area contributed by atoms with E-state index in [0.29, 0.717) is 30.8 Å². The summed E-state index contributed by atoms with van der Waals surface area (Å²) < 4.78 is 26.1. The van der Waals surface area contributed by atoms with Gasteiger partial charge in [-0.1, -0.05) is 57.4 Å². The molecule has 7 heteroatoms. The van der Waals surface area contributed by atoms with Gasteiger partial charge in [0.25, 0.3) is 0 Å². The molecule has 7 rings (SSSR count). The molecule has 1 aromatic rings. The maximum absolute atomic E-state index is 11.4. The third-order valence-corrected chi connectivity index (χ3v) is 12.1. The molecule has 1 N–H and O–H groups in total. The van der Waals surface area contributed by atoms with Crippen molar-refractivity contribution in [3.8, 4) is 11.5 Å². The van der Waals surface area contributed by atoms with Crippen LogP contribution in [0.15, 0.2) is 35.9 Å². The van der Waals surface area contributed by atoms with E-state index in [1.54, 1.807) is 0 Å². The monoisotopic (exact) mass is 652 g/mol. The third-order valence-electron chi connectivity index (χ3n) is 12.1. The number of allylic oxidation sites excluding steroid dienone is 3. The first-order chi connectivity index (χ1) is 22.6. The van der Waals surface area contributed by atoms with E-state index in [-0.39, 0.29) is 30.0 Å². The molecule has 4 aliphatic heterocycles. The first-order valence-electron chi connectivity index (χ1n) is 18.7. The fraction of sp³-hybridized carbons (Fsp3) is 0.750. The molecule has 262 valence electrons. The molecule has 1 aromatic carbocycles. The maximum Gasteiger partial charge on any atom is 0.201 e. The lowest BCUT2D eigenvalue weighted by Crippen LogP contribution is -2.70. The highest BCUT2D eigenvalue weighted by Crippen LogP contribution is 2.60. The summed E-state index contributed by atoms with van der Waals surface area (Å²) in [7, 11) is 0. The number of hydrogen-bond donors (Lipinski definition) is 1. The van der Waals surface area contributed by atoms with Gasteiger partial charge in [-0.25, -0.2) is 9.78 Å². The minimum atomic E-state index is -0.781. The first kappa shape index (κ1) is 34.9. The van der Waals surface area contributed by atoms with Crippen molar-refractivity contribution in [3.05, 3.63) is 47.1 Å². The molecule has 0 amide bonds. The standard InChI is InChI=1S/C40H60O7/c1-8-9-10-13-29-23-34(41)36(31-22-26(4)14-16-30(31)25(2)3)35(24-29)42-20-11-12-21-43-37-28(6)33-17-15-27(5)32-18-19-39(7)45-38(44-37)40(32,33)47-46-39/h22-24,27-28,30-33,37-38,41H,2,8-21H2,1,3-7H3/t27-,28-,30+,31-,32+,33+,37+,38-,39+,40-/m1/s1. The van der Waals surface area contributed by atoms with Gasteiger partial charge in [-0.15, -0.1) is 0 Å². The van der Waals surface area contributed by atoms with Gasteiger partial charge in [-0.05, 0) is 114 Å². The van der Waals surface area contributed by atoms with Crippen LogP contribution in [0, 0.1) is 29.6 Å². The fourth-order valence-electron chi connectivity index (χ4n) is 9.40. The molecule has 5 fully saturated rings. The Morgan fingerprint density at radius 1 is 1.02 bits per heavy atom. The molecule has 7 nitrogen and oxygen atoms in total. The van der Waals surface area contributed by atoms with Crippen LogP contribution in [0.1, 0.15) is 129 Å². The summed E-state index contributed by atoms with van der Waals surface area (Å²) in [4.78, 5) is 12.2. The third kappa shape index (κ3) is 6.94. The first-order valence-corrected chi connectivity index (χ1v) is 18.7. The van der Waals surface area contributed by atoms with Crippen molar-refractivity contribution in [2.24, 2.45) is 29.6 Å². The van der Waals surface area contributed by atoms with Crippen LogP contribution >= 0.6 is 0 Å². The number of phenolic OH excluding ortho intramolecular Hbond substituents is 1. The van der Waals surface area contributed by atoms with E-state index >= 15 is 0 Å². The number of hydrogen-bond acceptors (Lipinski definition) is 7. The van der Waals surface area contributed by atoms with E-state index in [1.807, 2.05) is 13.0 Å². The molecule has 0 unspecified atom stereocenters. The van der Waals surface area contributed by atoms with E-state index in [4.69, 9.17) is 28.7 Å². The van der Waals surface area contributed by atoms with Crippen molar-refractivity contribution < 1.29 is 33.8 Å². The van der Waals surface area contributed by atoms with Crippen LogP contribution in [0.25, 0.3) is 0 Å². The molecule has 2 aliphatic carbocycles. The SMILES string of the molecule is C=C(C)[C@@H]1CCC(C)=C[C@H]1c1c(O)cc(CCCCC)cc1OCCCCO[C@H]1O[C@@H]2O[C@]3(C)CC[C@H]4[C@H](C)CC[C@@H]([C@H]1C)[C@@]24OO3. The molecule has 47 heavy (non-hydrogen) atoms. The van der Waals surface area contributed by atoms with Crippen molar-refractivity contribution in [1.29, 1.82) is 0 Å². The van der Waals surface area contributed by atoms with Gasteiger partial charge < -0.3 is 24.1 Å². The normalized spacial score (nSPS) is 38.0. The number of phenols is 1. The molecule has 10 atom stereocenters. The van der Waals surface area contributed by atoms with Crippen LogP contribution in [0.3, 0.4) is 0 Å². The Morgan fingerprint density at radius 2 is 1.83 bits per heavy atom. The molecular formula is C40H60O7. The summed E-state index contributed by atoms with van der Waals surface area (Å²) in [5.74, 6) is 2.05. The van der Waals surface area contributed by atoms with E-state index in [2.05, 4.69) is 53.3 Å². The van der Waals surface area contributed by atoms with Gasteiger partial charge in [-0.2, -0.15) is 0 Å². The zero-order valence-electron chi connectivity index (χ0n) is 29.9. The molecule has 4 heterocycles. The van der Waals surface area contributed by atoms with E-state index < -0.39 is 17.7 Å². The highest BCUT2D eigenvalue weighted by molar-refractivity contribution is 5.52.